The van der Waals surface area contributed by atoms with Crippen molar-refractivity contribution in [1.29, 1.82) is 5.41 Å². The summed E-state index contributed by atoms with van der Waals surface area (Å²) < 4.78 is 13.7. The number of benzene rings is 1. The highest BCUT2D eigenvalue weighted by molar-refractivity contribution is 5.94. The Morgan fingerprint density at radius 3 is 2.76 bits per heavy atom. The molecule has 1 saturated heterocycles. The van der Waals surface area contributed by atoms with Gasteiger partial charge in [-0.25, -0.2) is 24.3 Å². The molecule has 1 aromatic carbocycles. The van der Waals surface area contributed by atoms with Crippen molar-refractivity contribution >= 4 is 11.9 Å². The predicted octanol–water partition coefficient (Wildman–Crippen LogP) is 5.20. The van der Waals surface area contributed by atoms with Gasteiger partial charge in [-0.2, -0.15) is 0 Å². The number of pyridine rings is 1. The fourth-order valence-corrected chi connectivity index (χ4v) is 4.25. The Morgan fingerprint density at radius 1 is 1.09 bits per heavy atom. The Morgan fingerprint density at radius 2 is 1.91 bits per heavy atom. The second-order valence-electron chi connectivity index (χ2n) is 8.20. The second-order valence-corrected chi connectivity index (χ2v) is 8.20. The maximum atomic E-state index is 13.7. The molecule has 4 heterocycles. The van der Waals surface area contributed by atoms with Gasteiger partial charge >= 0.3 is 0 Å². The van der Waals surface area contributed by atoms with Crippen molar-refractivity contribution in [3.8, 4) is 22.8 Å². The fraction of sp³-hybridized carbons (Fsp3) is 0.192. The normalized spacial score (nSPS) is 15.8. The van der Waals surface area contributed by atoms with Crippen LogP contribution in [-0.2, 0) is 0 Å². The van der Waals surface area contributed by atoms with Crippen LogP contribution in [0.15, 0.2) is 67.0 Å². The lowest BCUT2D eigenvalue weighted by Crippen LogP contribution is -2.28. The number of aromatic nitrogens is 5. The number of hydrogen-bond acceptors (Lipinski definition) is 5. The number of H-pyrrole nitrogens is 1. The minimum Gasteiger partial charge on any atom is -0.350 e. The number of likely N-dealkylation sites (tertiary alicyclic amines) is 1. The lowest BCUT2D eigenvalue weighted by molar-refractivity contribution is 0.399. The number of nitrogens with zero attached hydrogens (tertiary/aromatic N) is 5. The van der Waals surface area contributed by atoms with E-state index >= 15 is 0 Å². The van der Waals surface area contributed by atoms with E-state index in [0.29, 0.717) is 17.5 Å². The first-order chi connectivity index (χ1) is 16.6. The van der Waals surface area contributed by atoms with Gasteiger partial charge in [0.05, 0.1) is 35.0 Å². The fourth-order valence-electron chi connectivity index (χ4n) is 4.25. The zero-order valence-corrected chi connectivity index (χ0v) is 18.7. The van der Waals surface area contributed by atoms with Crippen molar-refractivity contribution in [2.24, 2.45) is 0 Å². The van der Waals surface area contributed by atoms with Crippen molar-refractivity contribution in [3.63, 3.8) is 0 Å². The number of halogens is 1. The van der Waals surface area contributed by atoms with E-state index in [1.54, 1.807) is 36.7 Å². The standard InChI is InChI=1S/C26H24FN7/c1-17-29-13-12-22(31-17)20-7-3-8-21(32-20)23-16-30-26(33-23)11-10-25(28)34-14-4-9-24(34)18-5-2-6-19(27)15-18/h2-3,5-8,10-13,15-16,24,28H,4,9,14H2,1H3,(H,30,33)/b11-10-,28-25?. The number of nitrogens with one attached hydrogen (secondary N) is 2. The third kappa shape index (κ3) is 4.61. The average molecular weight is 454 g/mol. The van der Waals surface area contributed by atoms with Crippen LogP contribution in [0.4, 0.5) is 4.39 Å². The molecule has 0 bridgehead atoms. The summed E-state index contributed by atoms with van der Waals surface area (Å²) in [5, 5.41) is 8.56. The summed E-state index contributed by atoms with van der Waals surface area (Å²) in [6.07, 6.45) is 8.83. The van der Waals surface area contributed by atoms with Gasteiger partial charge in [0.15, 0.2) is 0 Å². The molecule has 0 spiro atoms. The van der Waals surface area contributed by atoms with Gasteiger partial charge in [-0.1, -0.05) is 18.2 Å². The van der Waals surface area contributed by atoms with Crippen LogP contribution in [0.3, 0.4) is 0 Å². The predicted molar refractivity (Wildman–Crippen MR) is 129 cm³/mol. The number of aryl methyl sites for hydroxylation is 1. The monoisotopic (exact) mass is 453 g/mol. The Labute approximate surface area is 197 Å². The summed E-state index contributed by atoms with van der Waals surface area (Å²) in [5.41, 5.74) is 3.95. The Hall–Kier alpha value is -4.20. The number of amidine groups is 1. The maximum absolute atomic E-state index is 13.7. The number of aromatic amines is 1. The van der Waals surface area contributed by atoms with Crippen molar-refractivity contribution in [2.45, 2.75) is 25.8 Å². The summed E-state index contributed by atoms with van der Waals surface area (Å²) in [4.78, 5) is 23.0. The highest BCUT2D eigenvalue weighted by atomic mass is 19.1. The molecule has 170 valence electrons. The molecule has 34 heavy (non-hydrogen) atoms. The lowest BCUT2D eigenvalue weighted by Gasteiger charge is -2.26. The summed E-state index contributed by atoms with van der Waals surface area (Å²) in [5.74, 6) is 1.45. The molecule has 1 aliphatic heterocycles. The first kappa shape index (κ1) is 21.6. The third-order valence-electron chi connectivity index (χ3n) is 5.85. The molecule has 5 rings (SSSR count). The first-order valence-electron chi connectivity index (χ1n) is 11.2. The zero-order valence-electron chi connectivity index (χ0n) is 18.7. The topological polar surface area (TPSA) is 94.4 Å². The van der Waals surface area contributed by atoms with E-state index in [0.717, 1.165) is 47.7 Å². The summed E-state index contributed by atoms with van der Waals surface area (Å²) >= 11 is 0. The van der Waals surface area contributed by atoms with Gasteiger partial charge in [-0.15, -0.1) is 0 Å². The van der Waals surface area contributed by atoms with Gasteiger partial charge < -0.3 is 9.88 Å². The van der Waals surface area contributed by atoms with E-state index in [-0.39, 0.29) is 11.9 Å². The number of imidazole rings is 1. The minimum atomic E-state index is -0.248. The largest absolute Gasteiger partial charge is 0.350 e. The molecule has 2 N–H and O–H groups in total. The zero-order chi connectivity index (χ0) is 23.5. The number of rotatable bonds is 5. The molecule has 3 aromatic heterocycles. The molecule has 0 saturated carbocycles. The summed E-state index contributed by atoms with van der Waals surface area (Å²) in [7, 11) is 0. The molecule has 8 heteroatoms. The summed E-state index contributed by atoms with van der Waals surface area (Å²) in [6, 6.07) is 14.2. The van der Waals surface area contributed by atoms with E-state index in [9.17, 15) is 4.39 Å². The highest BCUT2D eigenvalue weighted by Crippen LogP contribution is 2.32. The maximum Gasteiger partial charge on any atom is 0.130 e. The van der Waals surface area contributed by atoms with Gasteiger partial charge in [-0.05, 0) is 67.8 Å². The Kier molecular flexibility index (Phi) is 5.95. The van der Waals surface area contributed by atoms with E-state index in [4.69, 9.17) is 10.4 Å². The molecule has 1 aliphatic rings. The van der Waals surface area contributed by atoms with Gasteiger partial charge in [0, 0.05) is 12.7 Å². The van der Waals surface area contributed by atoms with E-state index < -0.39 is 0 Å². The molecule has 7 nitrogen and oxygen atoms in total. The van der Waals surface area contributed by atoms with E-state index in [1.165, 1.54) is 6.07 Å². The van der Waals surface area contributed by atoms with Crippen LogP contribution in [0.25, 0.3) is 28.9 Å². The van der Waals surface area contributed by atoms with Crippen LogP contribution in [0.2, 0.25) is 0 Å². The summed E-state index contributed by atoms with van der Waals surface area (Å²) in [6.45, 7) is 2.62. The van der Waals surface area contributed by atoms with Crippen LogP contribution in [0.1, 0.15) is 36.1 Å². The number of hydrogen-bond donors (Lipinski definition) is 2. The van der Waals surface area contributed by atoms with Crippen molar-refractivity contribution in [3.05, 3.63) is 90.0 Å². The van der Waals surface area contributed by atoms with Crippen LogP contribution in [0, 0.1) is 18.2 Å². The van der Waals surface area contributed by atoms with E-state index in [2.05, 4.69) is 19.9 Å². The van der Waals surface area contributed by atoms with Gasteiger partial charge in [0.2, 0.25) is 0 Å². The van der Waals surface area contributed by atoms with Crippen molar-refractivity contribution in [1.82, 2.24) is 29.8 Å². The van der Waals surface area contributed by atoms with Crippen LogP contribution in [-0.4, -0.2) is 42.2 Å². The molecular formula is C26H24FN7. The SMILES string of the molecule is Cc1nccc(-c2cccc(-c3cnc(/C=C\C(=N)N4CCCC4c4cccc(F)c4)[nH]3)n2)n1. The van der Waals surface area contributed by atoms with Crippen LogP contribution >= 0.6 is 0 Å². The Bertz CT molecular complexity index is 1360. The third-order valence-corrected chi connectivity index (χ3v) is 5.85. The van der Waals surface area contributed by atoms with Gasteiger partial charge in [0.25, 0.3) is 0 Å². The quantitative estimate of drug-likeness (QED) is 0.320. The van der Waals surface area contributed by atoms with Crippen molar-refractivity contribution < 1.29 is 4.39 Å². The molecule has 0 amide bonds. The molecule has 0 aliphatic carbocycles. The molecule has 0 radical (unpaired) electrons. The Balaban J connectivity index is 1.31. The molecule has 1 fully saturated rings. The lowest BCUT2D eigenvalue weighted by atomic mass is 10.0. The molecular weight excluding hydrogens is 429 g/mol. The van der Waals surface area contributed by atoms with Crippen molar-refractivity contribution in [2.75, 3.05) is 6.54 Å². The van der Waals surface area contributed by atoms with E-state index in [1.807, 2.05) is 42.2 Å². The first-order valence-corrected chi connectivity index (χ1v) is 11.2. The van der Waals surface area contributed by atoms with Gasteiger partial charge in [0.1, 0.15) is 23.3 Å². The molecule has 4 aromatic rings. The minimum absolute atomic E-state index is 0.0115. The highest BCUT2D eigenvalue weighted by Gasteiger charge is 2.27. The van der Waals surface area contributed by atoms with Crippen LogP contribution < -0.4 is 0 Å². The second kappa shape index (κ2) is 9.35. The van der Waals surface area contributed by atoms with Crippen LogP contribution in [0.5, 0.6) is 0 Å². The molecule has 1 unspecified atom stereocenters. The van der Waals surface area contributed by atoms with Gasteiger partial charge in [-0.3, -0.25) is 5.41 Å². The average Bonchev–Trinajstić information content (AvgIpc) is 3.53. The molecule has 1 atom stereocenters. The smallest absolute Gasteiger partial charge is 0.130 e.